The van der Waals surface area contributed by atoms with Crippen LogP contribution in [0.15, 0.2) is 51.8 Å². The first kappa shape index (κ1) is 21.8. The van der Waals surface area contributed by atoms with Crippen molar-refractivity contribution in [1.82, 2.24) is 14.5 Å². The smallest absolute Gasteiger partial charge is 0.322 e. The van der Waals surface area contributed by atoms with Crippen LogP contribution in [0.2, 0.25) is 0 Å². The van der Waals surface area contributed by atoms with Gasteiger partial charge in [-0.25, -0.2) is 8.42 Å². The Balaban J connectivity index is 1.49. The third-order valence-corrected chi connectivity index (χ3v) is 7.01. The maximum absolute atomic E-state index is 12.6. The number of methoxy groups -OCH3 is 2. The van der Waals surface area contributed by atoms with Crippen molar-refractivity contribution in [3.05, 3.63) is 48.0 Å². The van der Waals surface area contributed by atoms with Crippen molar-refractivity contribution in [1.29, 1.82) is 0 Å². The Hall–Kier alpha value is -3.44. The van der Waals surface area contributed by atoms with Crippen LogP contribution in [-0.2, 0) is 10.0 Å². The second-order valence-corrected chi connectivity index (χ2v) is 8.98. The molecule has 1 aromatic heterocycles. The monoisotopic (exact) mass is 458 g/mol. The number of nitrogens with zero attached hydrogens (tertiary/aromatic N) is 3. The van der Waals surface area contributed by atoms with Gasteiger partial charge >= 0.3 is 6.01 Å². The van der Waals surface area contributed by atoms with Crippen molar-refractivity contribution < 1.29 is 27.1 Å². The highest BCUT2D eigenvalue weighted by Crippen LogP contribution is 2.37. The summed E-state index contributed by atoms with van der Waals surface area (Å²) in [5.41, 5.74) is 0.764. The molecular weight excluding hydrogens is 436 g/mol. The molecule has 2 aromatic carbocycles. The van der Waals surface area contributed by atoms with Gasteiger partial charge < -0.3 is 13.9 Å². The minimum Gasteiger partial charge on any atom is -0.493 e. The molecule has 1 saturated heterocycles. The first-order valence-electron chi connectivity index (χ1n) is 9.90. The summed E-state index contributed by atoms with van der Waals surface area (Å²) < 4.78 is 42.9. The molecule has 1 N–H and O–H groups in total. The van der Waals surface area contributed by atoms with E-state index in [2.05, 4.69) is 15.5 Å². The van der Waals surface area contributed by atoms with E-state index in [9.17, 15) is 13.2 Å². The van der Waals surface area contributed by atoms with Gasteiger partial charge in [-0.1, -0.05) is 11.2 Å². The number of carbonyl (C=O) groups excluding carboxylic acids is 1. The Morgan fingerprint density at radius 2 is 1.75 bits per heavy atom. The molecule has 0 spiro atoms. The summed E-state index contributed by atoms with van der Waals surface area (Å²) in [5.74, 6) is 0.551. The van der Waals surface area contributed by atoms with Crippen molar-refractivity contribution in [2.75, 3.05) is 32.6 Å². The van der Waals surface area contributed by atoms with E-state index in [0.717, 1.165) is 12.8 Å². The molecular formula is C21H22N4O6S. The summed E-state index contributed by atoms with van der Waals surface area (Å²) in [6, 6.07) is 10.8. The first-order chi connectivity index (χ1) is 15.4. The summed E-state index contributed by atoms with van der Waals surface area (Å²) >= 11 is 0. The number of anilines is 1. The van der Waals surface area contributed by atoms with Crippen LogP contribution in [-0.4, -0.2) is 56.1 Å². The van der Waals surface area contributed by atoms with Crippen LogP contribution in [0, 0.1) is 0 Å². The van der Waals surface area contributed by atoms with Crippen LogP contribution in [0.3, 0.4) is 0 Å². The van der Waals surface area contributed by atoms with Gasteiger partial charge in [0.2, 0.25) is 10.0 Å². The molecule has 0 radical (unpaired) electrons. The van der Waals surface area contributed by atoms with Crippen LogP contribution in [0.1, 0.15) is 23.2 Å². The molecule has 1 amide bonds. The van der Waals surface area contributed by atoms with Gasteiger partial charge in [0.05, 0.1) is 24.7 Å². The molecule has 1 fully saturated rings. The zero-order valence-corrected chi connectivity index (χ0v) is 18.4. The molecule has 11 heteroatoms. The highest BCUT2D eigenvalue weighted by Gasteiger charge is 2.27. The van der Waals surface area contributed by atoms with Crippen molar-refractivity contribution >= 4 is 21.9 Å². The van der Waals surface area contributed by atoms with E-state index in [4.69, 9.17) is 13.9 Å². The van der Waals surface area contributed by atoms with E-state index >= 15 is 0 Å². The lowest BCUT2D eigenvalue weighted by atomic mass is 10.2. The number of carbonyl (C=O) groups is 1. The molecule has 0 aliphatic carbocycles. The zero-order valence-electron chi connectivity index (χ0n) is 17.6. The minimum atomic E-state index is -3.54. The largest absolute Gasteiger partial charge is 0.493 e. The molecule has 4 rings (SSSR count). The van der Waals surface area contributed by atoms with E-state index in [0.29, 0.717) is 30.2 Å². The maximum Gasteiger partial charge on any atom is 0.322 e. The van der Waals surface area contributed by atoms with Gasteiger partial charge in [0.1, 0.15) is 0 Å². The molecule has 0 atom stereocenters. The van der Waals surface area contributed by atoms with Gasteiger partial charge in [-0.15, -0.1) is 5.10 Å². The van der Waals surface area contributed by atoms with E-state index in [1.165, 1.54) is 42.8 Å². The number of rotatable bonds is 7. The molecule has 10 nitrogen and oxygen atoms in total. The molecule has 1 aliphatic rings. The number of aromatic nitrogens is 2. The van der Waals surface area contributed by atoms with Crippen LogP contribution in [0.5, 0.6) is 11.5 Å². The quantitative estimate of drug-likeness (QED) is 0.573. The number of amides is 1. The molecule has 32 heavy (non-hydrogen) atoms. The van der Waals surface area contributed by atoms with Crippen LogP contribution in [0.25, 0.3) is 11.5 Å². The predicted octanol–water partition coefficient (Wildman–Crippen LogP) is 2.79. The fourth-order valence-electron chi connectivity index (χ4n) is 3.46. The molecule has 0 saturated carbocycles. The Morgan fingerprint density at radius 3 is 2.41 bits per heavy atom. The lowest BCUT2D eigenvalue weighted by Crippen LogP contribution is -2.27. The lowest BCUT2D eigenvalue weighted by molar-refractivity contribution is 0.102. The number of para-hydroxylation sites is 1. The fourth-order valence-corrected chi connectivity index (χ4v) is 4.98. The molecule has 1 aliphatic heterocycles. The van der Waals surface area contributed by atoms with Crippen molar-refractivity contribution in [3.8, 4) is 23.0 Å². The molecule has 0 bridgehead atoms. The van der Waals surface area contributed by atoms with Gasteiger partial charge in [-0.2, -0.15) is 4.31 Å². The molecule has 0 unspecified atom stereocenters. The summed E-state index contributed by atoms with van der Waals surface area (Å²) in [6.07, 6.45) is 1.71. The van der Waals surface area contributed by atoms with Gasteiger partial charge in [0.25, 0.3) is 11.8 Å². The third-order valence-electron chi connectivity index (χ3n) is 5.10. The molecule has 3 aromatic rings. The Labute approximate surface area is 185 Å². The number of hydrogen-bond acceptors (Lipinski definition) is 8. The summed E-state index contributed by atoms with van der Waals surface area (Å²) in [5, 5.41) is 10.3. The second-order valence-electron chi connectivity index (χ2n) is 7.04. The molecule has 2 heterocycles. The van der Waals surface area contributed by atoms with Crippen molar-refractivity contribution in [3.63, 3.8) is 0 Å². The SMILES string of the molecule is COc1cccc(-c2nnc(NC(=O)c3ccc(S(=O)(=O)N4CCCC4)cc3)o2)c1OC. The third kappa shape index (κ3) is 4.16. The Kier molecular flexibility index (Phi) is 6.10. The highest BCUT2D eigenvalue weighted by molar-refractivity contribution is 7.89. The number of benzene rings is 2. The highest BCUT2D eigenvalue weighted by atomic mass is 32.2. The Morgan fingerprint density at radius 1 is 1.03 bits per heavy atom. The van der Waals surface area contributed by atoms with Gasteiger partial charge in [0, 0.05) is 18.7 Å². The van der Waals surface area contributed by atoms with E-state index in [1.54, 1.807) is 18.2 Å². The minimum absolute atomic E-state index is 0.108. The van der Waals surface area contributed by atoms with Crippen LogP contribution in [0.4, 0.5) is 6.01 Å². The van der Waals surface area contributed by atoms with Crippen LogP contribution < -0.4 is 14.8 Å². The van der Waals surface area contributed by atoms with E-state index < -0.39 is 15.9 Å². The predicted molar refractivity (Wildman–Crippen MR) is 115 cm³/mol. The first-order valence-corrected chi connectivity index (χ1v) is 11.3. The maximum atomic E-state index is 12.6. The number of sulfonamides is 1. The summed E-state index contributed by atoms with van der Waals surface area (Å²) in [6.45, 7) is 1.03. The topological polar surface area (TPSA) is 124 Å². The summed E-state index contributed by atoms with van der Waals surface area (Å²) in [4.78, 5) is 12.7. The average Bonchev–Trinajstić information content (AvgIpc) is 3.51. The number of hydrogen-bond donors (Lipinski definition) is 1. The van der Waals surface area contributed by atoms with E-state index in [-0.39, 0.29) is 22.4 Å². The van der Waals surface area contributed by atoms with Crippen LogP contribution >= 0.6 is 0 Å². The van der Waals surface area contributed by atoms with E-state index in [1.807, 2.05) is 0 Å². The summed E-state index contributed by atoms with van der Waals surface area (Å²) in [7, 11) is -0.530. The Bertz CT molecular complexity index is 1220. The number of ether oxygens (including phenoxy) is 2. The molecule has 168 valence electrons. The number of nitrogens with one attached hydrogen (secondary N) is 1. The normalized spacial score (nSPS) is 14.3. The fraction of sp³-hybridized carbons (Fsp3) is 0.286. The van der Waals surface area contributed by atoms with Gasteiger partial charge in [-0.3, -0.25) is 10.1 Å². The van der Waals surface area contributed by atoms with Crippen molar-refractivity contribution in [2.24, 2.45) is 0 Å². The second kappa shape index (κ2) is 8.97. The lowest BCUT2D eigenvalue weighted by Gasteiger charge is -2.15. The van der Waals surface area contributed by atoms with Gasteiger partial charge in [0.15, 0.2) is 11.5 Å². The van der Waals surface area contributed by atoms with Crippen molar-refractivity contribution in [2.45, 2.75) is 17.7 Å². The standard InChI is InChI=1S/C21H22N4O6S/c1-29-17-7-5-6-16(18(17)30-2)20-23-24-21(31-20)22-19(26)14-8-10-15(11-9-14)32(27,28)25-12-3-4-13-25/h5-11H,3-4,12-13H2,1-2H3,(H,22,24,26). The zero-order chi connectivity index (χ0) is 22.7. The average molecular weight is 458 g/mol. The van der Waals surface area contributed by atoms with Gasteiger partial charge in [-0.05, 0) is 49.2 Å².